The molecule has 0 bridgehead atoms. The maximum atomic E-state index is 10.3. The summed E-state index contributed by atoms with van der Waals surface area (Å²) in [5, 5.41) is 0. The lowest BCUT2D eigenvalue weighted by Gasteiger charge is -2.49. The lowest BCUT2D eigenvalue weighted by Crippen LogP contribution is -2.71. The maximum Gasteiger partial charge on any atom is 0.432 e. The predicted octanol–water partition coefficient (Wildman–Crippen LogP) is 14.5. The Morgan fingerprint density at radius 1 is 0.661 bits per heavy atom. The first-order chi connectivity index (χ1) is 32.9. The highest BCUT2D eigenvalue weighted by molar-refractivity contribution is 6.03. The van der Waals surface area contributed by atoms with Crippen LogP contribution in [0, 0.1) is 0 Å². The van der Waals surface area contributed by atoms with Gasteiger partial charge in [-0.25, -0.2) is 4.90 Å². The van der Waals surface area contributed by atoms with Gasteiger partial charge in [-0.2, -0.15) is 0 Å². The van der Waals surface area contributed by atoms with E-state index in [4.69, 9.17) is 11.6 Å². The predicted molar refractivity (Wildman–Crippen MR) is 256 cm³/mol. The third kappa shape index (κ3) is 5.47. The van der Waals surface area contributed by atoms with Crippen LogP contribution in [-0.4, -0.2) is 0 Å². The van der Waals surface area contributed by atoms with Crippen molar-refractivity contribution in [2.45, 2.75) is 110 Å². The molecule has 1 aromatic heterocycles. The molecule has 2 unspecified atom stereocenters. The molecule has 6 aromatic carbocycles. The molecule has 4 nitrogen and oxygen atoms in total. The maximum absolute atomic E-state index is 10.3. The van der Waals surface area contributed by atoms with Crippen molar-refractivity contribution in [2.75, 3.05) is 9.80 Å². The van der Waals surface area contributed by atoms with Crippen LogP contribution in [0.3, 0.4) is 0 Å². The monoisotopic (exact) mass is 821 g/mol. The van der Waals surface area contributed by atoms with Crippen molar-refractivity contribution in [3.8, 4) is 50.4 Å². The fourth-order valence-electron chi connectivity index (χ4n) is 10.2. The lowest BCUT2D eigenvalue weighted by atomic mass is 9.77. The zero-order chi connectivity index (χ0) is 50.0. The van der Waals surface area contributed by atoms with Gasteiger partial charge in [-0.1, -0.05) is 160 Å². The minimum absolute atomic E-state index is 0.197. The zero-order valence-corrected chi connectivity index (χ0v) is 37.4. The zero-order valence-electron chi connectivity index (χ0n) is 45.4. The van der Waals surface area contributed by atoms with E-state index in [0.29, 0.717) is 11.3 Å². The first-order valence-electron chi connectivity index (χ1n) is 26.0. The van der Waals surface area contributed by atoms with Gasteiger partial charge in [-0.3, -0.25) is 0 Å². The first-order valence-corrected chi connectivity index (χ1v) is 22.0. The van der Waals surface area contributed by atoms with Gasteiger partial charge in [0.2, 0.25) is 5.69 Å². The Hall–Kier alpha value is -6.13. The minimum atomic E-state index is -1.69. The molecule has 0 saturated heterocycles. The number of hydrogen-bond donors (Lipinski definition) is 0. The van der Waals surface area contributed by atoms with Crippen molar-refractivity contribution in [1.29, 1.82) is 0 Å². The summed E-state index contributed by atoms with van der Waals surface area (Å²) in [6, 6.07) is 29.2. The average Bonchev–Trinajstić information content (AvgIpc) is 3.81. The quantitative estimate of drug-likeness (QED) is 0.161. The first kappa shape index (κ1) is 30.8. The van der Waals surface area contributed by atoms with E-state index in [1.807, 2.05) is 6.07 Å². The van der Waals surface area contributed by atoms with E-state index in [1.165, 1.54) is 5.56 Å². The number of anilines is 3. The smallest absolute Gasteiger partial charge is 0.410 e. The Balaban J connectivity index is 1.35. The van der Waals surface area contributed by atoms with Gasteiger partial charge in [0.1, 0.15) is 18.8 Å². The van der Waals surface area contributed by atoms with E-state index in [-0.39, 0.29) is 39.9 Å². The van der Waals surface area contributed by atoms with Gasteiger partial charge >= 0.3 is 5.85 Å². The molecule has 0 saturated carbocycles. The second-order valence-corrected chi connectivity index (χ2v) is 20.5. The molecule has 11 rings (SSSR count). The highest BCUT2D eigenvalue weighted by Crippen LogP contribution is 2.68. The molecule has 4 aliphatic rings. The van der Waals surface area contributed by atoms with Crippen LogP contribution in [0.5, 0.6) is 5.75 Å². The summed E-state index contributed by atoms with van der Waals surface area (Å²) in [6.07, 6.45) is 1.01. The molecule has 4 heteroatoms. The Bertz CT molecular complexity index is 3410. The van der Waals surface area contributed by atoms with Crippen LogP contribution >= 0.6 is 0 Å². The van der Waals surface area contributed by atoms with Crippen molar-refractivity contribution in [3.05, 3.63) is 173 Å². The standard InChI is InChI=1S/C58H58N3O/c1-11-19-36-26-27-48(43(30-36)38-22-16-13-17-23-38)60-49-25-18-24-42-44-32-40(55(2,3)4)33-45-50-31-39(37-20-14-12-15-21-37)28-29-59(50)58(51(44)45)61(52(42)49)54(60)46-34-41(56(5,6)7)35-47(53(46)62-58)57(8,9)10/h12-18,20-35,54H,11,19H2,1-10H3/q+1/i12D,14D,15D,20D,21D,28D,29D,31D. The highest BCUT2D eigenvalue weighted by Gasteiger charge is 2.70. The number of pyridine rings is 1. The fraction of sp³-hybridized carbons (Fsp3) is 0.293. The Kier molecular flexibility index (Phi) is 6.56. The number of nitrogens with zero attached hydrogens (tertiary/aromatic N) is 3. The molecule has 0 N–H and O–H groups in total. The van der Waals surface area contributed by atoms with Crippen LogP contribution in [0.25, 0.3) is 44.6 Å². The summed E-state index contributed by atoms with van der Waals surface area (Å²) < 4.78 is 84.1. The number of aryl methyl sites for hydroxylation is 1. The highest BCUT2D eigenvalue weighted by atomic mass is 16.5. The molecule has 1 spiro atoms. The van der Waals surface area contributed by atoms with Crippen LogP contribution in [0.1, 0.15) is 126 Å². The Morgan fingerprint density at radius 2 is 1.39 bits per heavy atom. The normalized spacial score (nSPS) is 19.7. The number of ether oxygens (including phenoxy) is 1. The van der Waals surface area contributed by atoms with E-state index < -0.39 is 53.7 Å². The molecule has 5 heterocycles. The Labute approximate surface area is 379 Å². The number of aromatic nitrogens is 1. The Morgan fingerprint density at radius 3 is 2.10 bits per heavy atom. The van der Waals surface area contributed by atoms with Gasteiger partial charge in [-0.15, -0.1) is 4.57 Å². The summed E-state index contributed by atoms with van der Waals surface area (Å²) in [5.41, 5.74) is 12.2. The van der Waals surface area contributed by atoms with Crippen molar-refractivity contribution >= 4 is 17.1 Å². The molecule has 310 valence electrons. The van der Waals surface area contributed by atoms with E-state index in [0.717, 1.165) is 80.0 Å². The summed E-state index contributed by atoms with van der Waals surface area (Å²) >= 11 is 0. The van der Waals surface area contributed by atoms with Gasteiger partial charge < -0.3 is 9.64 Å². The largest absolute Gasteiger partial charge is 0.432 e. The van der Waals surface area contributed by atoms with Crippen molar-refractivity contribution < 1.29 is 20.3 Å². The molecule has 0 aliphatic carbocycles. The summed E-state index contributed by atoms with van der Waals surface area (Å²) in [7, 11) is 0. The van der Waals surface area contributed by atoms with Gasteiger partial charge in [0.05, 0.1) is 32.2 Å². The van der Waals surface area contributed by atoms with E-state index in [1.54, 1.807) is 4.57 Å². The van der Waals surface area contributed by atoms with Crippen LogP contribution in [-0.2, 0) is 28.5 Å². The lowest BCUT2D eigenvalue weighted by molar-refractivity contribution is -0.774. The van der Waals surface area contributed by atoms with Crippen molar-refractivity contribution in [2.24, 2.45) is 0 Å². The molecular weight excluding hydrogens is 755 g/mol. The van der Waals surface area contributed by atoms with E-state index in [2.05, 4.69) is 164 Å². The van der Waals surface area contributed by atoms with Gasteiger partial charge in [-0.05, 0) is 92.4 Å². The fourth-order valence-corrected chi connectivity index (χ4v) is 10.2. The van der Waals surface area contributed by atoms with Crippen molar-refractivity contribution in [1.82, 2.24) is 0 Å². The number of benzene rings is 6. The molecule has 0 radical (unpaired) electrons. The van der Waals surface area contributed by atoms with E-state index in [9.17, 15) is 4.11 Å². The number of hydrogen-bond acceptors (Lipinski definition) is 3. The van der Waals surface area contributed by atoms with Crippen molar-refractivity contribution in [3.63, 3.8) is 0 Å². The van der Waals surface area contributed by atoms with Crippen LogP contribution < -0.4 is 19.1 Å². The topological polar surface area (TPSA) is 19.6 Å². The second-order valence-electron chi connectivity index (χ2n) is 20.5. The summed E-state index contributed by atoms with van der Waals surface area (Å²) in [6.45, 7) is 21.9. The number of para-hydroxylation sites is 1. The SMILES string of the molecule is [2H]c1c([2H])c([2H])c(-c2c([2H])c([2H])[n+]3c(c2[2H])-c2cc(C(C)(C)C)cc4c2C32Oc3c(cc(C(C)(C)C)cc3C(C)(C)C)C3N(c5ccc(CCC)cc5-c5ccccc5)c5cccc-4c5N32)c([2H])c1[2H]. The van der Waals surface area contributed by atoms with Crippen LogP contribution in [0.2, 0.25) is 0 Å². The summed E-state index contributed by atoms with van der Waals surface area (Å²) in [4.78, 5) is 4.75. The number of fused-ring (bicyclic) bond motifs is 5. The average molecular weight is 821 g/mol. The van der Waals surface area contributed by atoms with Crippen LogP contribution in [0.15, 0.2) is 139 Å². The molecule has 62 heavy (non-hydrogen) atoms. The third-order valence-corrected chi connectivity index (χ3v) is 13.3. The van der Waals surface area contributed by atoms with Gasteiger partial charge in [0.25, 0.3) is 0 Å². The van der Waals surface area contributed by atoms with Gasteiger partial charge in [0.15, 0.2) is 6.17 Å². The molecular formula is C58H58N3O+. The van der Waals surface area contributed by atoms with E-state index >= 15 is 0 Å². The van der Waals surface area contributed by atoms with Crippen LogP contribution in [0.4, 0.5) is 17.1 Å². The van der Waals surface area contributed by atoms with Gasteiger partial charge in [0, 0.05) is 39.9 Å². The molecule has 2 atom stereocenters. The summed E-state index contributed by atoms with van der Waals surface area (Å²) in [5.74, 6) is -1.03. The molecule has 0 amide bonds. The minimum Gasteiger partial charge on any atom is -0.410 e. The second kappa shape index (κ2) is 13.2. The molecule has 4 aliphatic heterocycles. The molecule has 0 fully saturated rings. The third-order valence-electron chi connectivity index (χ3n) is 13.3. The number of rotatable bonds is 5. The molecule has 7 aromatic rings.